The van der Waals surface area contributed by atoms with Gasteiger partial charge < -0.3 is 19.3 Å². The van der Waals surface area contributed by atoms with Crippen LogP contribution in [0, 0.1) is 11.8 Å². The molecule has 1 aromatic heterocycles. The highest BCUT2D eigenvalue weighted by molar-refractivity contribution is 4.96. The van der Waals surface area contributed by atoms with E-state index < -0.39 is 6.10 Å². The maximum absolute atomic E-state index is 10.0. The molecule has 5 nitrogen and oxygen atoms in total. The van der Waals surface area contributed by atoms with Gasteiger partial charge in [-0.1, -0.05) is 13.8 Å². The lowest BCUT2D eigenvalue weighted by Crippen LogP contribution is -2.37. The summed E-state index contributed by atoms with van der Waals surface area (Å²) in [5.74, 6) is 2.36. The van der Waals surface area contributed by atoms with Crippen LogP contribution in [0.2, 0.25) is 0 Å². The molecular weight excluding hydrogens is 266 g/mol. The summed E-state index contributed by atoms with van der Waals surface area (Å²) in [5.41, 5.74) is 0. The molecule has 0 bridgehead atoms. The number of hydrogen-bond donors (Lipinski definition) is 1. The van der Waals surface area contributed by atoms with E-state index in [2.05, 4.69) is 41.5 Å². The SMILES string of the molecule is CC(C)COC[C@H](O)CN(C)C[C@@H]1CCc2nccn2C1. The predicted octanol–water partition coefficient (Wildman–Crippen LogP) is 1.41. The number of ether oxygens (including phenoxy) is 1. The van der Waals surface area contributed by atoms with E-state index in [1.54, 1.807) is 0 Å². The number of aliphatic hydroxyl groups excluding tert-OH is 1. The van der Waals surface area contributed by atoms with Crippen molar-refractivity contribution in [3.05, 3.63) is 18.2 Å². The molecule has 1 aliphatic heterocycles. The summed E-state index contributed by atoms with van der Waals surface area (Å²) >= 11 is 0. The van der Waals surface area contributed by atoms with Crippen molar-refractivity contribution in [1.82, 2.24) is 14.5 Å². The van der Waals surface area contributed by atoms with Gasteiger partial charge in [-0.3, -0.25) is 0 Å². The van der Waals surface area contributed by atoms with E-state index in [9.17, 15) is 5.11 Å². The first-order valence-electron chi connectivity index (χ1n) is 7.99. The van der Waals surface area contributed by atoms with Gasteiger partial charge in [-0.15, -0.1) is 0 Å². The van der Waals surface area contributed by atoms with Crippen molar-refractivity contribution in [1.29, 1.82) is 0 Å². The number of nitrogens with zero attached hydrogens (tertiary/aromatic N) is 3. The van der Waals surface area contributed by atoms with Crippen LogP contribution in [0.25, 0.3) is 0 Å². The smallest absolute Gasteiger partial charge is 0.108 e. The van der Waals surface area contributed by atoms with Crippen LogP contribution in [0.15, 0.2) is 12.4 Å². The second-order valence-electron chi connectivity index (χ2n) is 6.71. The Kier molecular flexibility index (Phi) is 6.21. The van der Waals surface area contributed by atoms with Crippen molar-refractivity contribution in [2.75, 3.05) is 33.4 Å². The Bertz CT molecular complexity index is 419. The molecule has 2 atom stereocenters. The highest BCUT2D eigenvalue weighted by atomic mass is 16.5. The number of aryl methyl sites for hydroxylation is 1. The molecular formula is C16H29N3O2. The van der Waals surface area contributed by atoms with Crippen molar-refractivity contribution in [2.45, 2.75) is 39.3 Å². The van der Waals surface area contributed by atoms with Gasteiger partial charge in [0.15, 0.2) is 0 Å². The van der Waals surface area contributed by atoms with Gasteiger partial charge in [0, 0.05) is 45.1 Å². The number of fused-ring (bicyclic) bond motifs is 1. The number of aliphatic hydroxyl groups is 1. The molecule has 1 aliphatic rings. The molecule has 0 unspecified atom stereocenters. The normalized spacial score (nSPS) is 20.0. The van der Waals surface area contributed by atoms with E-state index in [4.69, 9.17) is 4.74 Å². The zero-order valence-electron chi connectivity index (χ0n) is 13.5. The Labute approximate surface area is 127 Å². The Balaban J connectivity index is 1.66. The molecule has 2 heterocycles. The van der Waals surface area contributed by atoms with Crippen LogP contribution in [0.1, 0.15) is 26.1 Å². The van der Waals surface area contributed by atoms with Gasteiger partial charge in [0.25, 0.3) is 0 Å². The number of hydrogen-bond acceptors (Lipinski definition) is 4. The van der Waals surface area contributed by atoms with E-state index in [-0.39, 0.29) is 0 Å². The van der Waals surface area contributed by atoms with Gasteiger partial charge in [0.2, 0.25) is 0 Å². The van der Waals surface area contributed by atoms with Gasteiger partial charge in [0.05, 0.1) is 12.7 Å². The van der Waals surface area contributed by atoms with Gasteiger partial charge in [-0.2, -0.15) is 0 Å². The van der Waals surface area contributed by atoms with Crippen molar-refractivity contribution in [3.8, 4) is 0 Å². The summed E-state index contributed by atoms with van der Waals surface area (Å²) < 4.78 is 7.75. The zero-order chi connectivity index (χ0) is 15.2. The molecule has 120 valence electrons. The molecule has 2 rings (SSSR count). The van der Waals surface area contributed by atoms with E-state index in [0.717, 1.165) is 19.5 Å². The molecule has 0 spiro atoms. The second kappa shape index (κ2) is 7.92. The topological polar surface area (TPSA) is 50.5 Å². The standard InChI is InChI=1S/C16H29N3O2/c1-13(2)11-21-12-15(20)10-18(3)8-14-4-5-16-17-6-7-19(16)9-14/h6-7,13-15,20H,4-5,8-12H2,1-3H3/t14-,15+/m0/s1. The molecule has 0 amide bonds. The third-order valence-corrected chi connectivity index (χ3v) is 3.89. The average molecular weight is 295 g/mol. The minimum absolute atomic E-state index is 0.402. The molecule has 0 aliphatic carbocycles. The highest BCUT2D eigenvalue weighted by Crippen LogP contribution is 2.19. The molecule has 5 heteroatoms. The predicted molar refractivity (Wildman–Crippen MR) is 83.2 cm³/mol. The van der Waals surface area contributed by atoms with Gasteiger partial charge in [0.1, 0.15) is 5.82 Å². The van der Waals surface area contributed by atoms with Crippen molar-refractivity contribution in [3.63, 3.8) is 0 Å². The summed E-state index contributed by atoms with van der Waals surface area (Å²) in [6, 6.07) is 0. The van der Waals surface area contributed by atoms with Crippen LogP contribution < -0.4 is 0 Å². The van der Waals surface area contributed by atoms with Crippen molar-refractivity contribution >= 4 is 0 Å². The number of aromatic nitrogens is 2. The van der Waals surface area contributed by atoms with Crippen LogP contribution >= 0.6 is 0 Å². The summed E-state index contributed by atoms with van der Waals surface area (Å²) in [7, 11) is 2.08. The van der Waals surface area contributed by atoms with Crippen molar-refractivity contribution < 1.29 is 9.84 Å². The monoisotopic (exact) mass is 295 g/mol. The lowest BCUT2D eigenvalue weighted by atomic mass is 9.99. The van der Waals surface area contributed by atoms with Crippen LogP contribution in [-0.2, 0) is 17.7 Å². The fourth-order valence-corrected chi connectivity index (χ4v) is 2.95. The second-order valence-corrected chi connectivity index (χ2v) is 6.71. The molecule has 1 aromatic rings. The number of rotatable bonds is 8. The molecule has 0 fully saturated rings. The molecule has 1 N–H and O–H groups in total. The summed E-state index contributed by atoms with van der Waals surface area (Å²) in [4.78, 5) is 6.58. The lowest BCUT2D eigenvalue weighted by Gasteiger charge is -2.29. The molecule has 21 heavy (non-hydrogen) atoms. The summed E-state index contributed by atoms with van der Waals surface area (Å²) in [5, 5.41) is 10.0. The largest absolute Gasteiger partial charge is 0.389 e. The van der Waals surface area contributed by atoms with Crippen LogP contribution in [0.5, 0.6) is 0 Å². The maximum Gasteiger partial charge on any atom is 0.108 e. The van der Waals surface area contributed by atoms with E-state index >= 15 is 0 Å². The summed E-state index contributed by atoms with van der Waals surface area (Å²) in [6.45, 7) is 8.10. The van der Waals surface area contributed by atoms with E-state index in [1.807, 2.05) is 6.20 Å². The third-order valence-electron chi connectivity index (χ3n) is 3.89. The Morgan fingerprint density at radius 1 is 1.48 bits per heavy atom. The fraction of sp³-hybridized carbons (Fsp3) is 0.812. The lowest BCUT2D eigenvalue weighted by molar-refractivity contribution is 0.00932. The van der Waals surface area contributed by atoms with Crippen LogP contribution in [0.3, 0.4) is 0 Å². The zero-order valence-corrected chi connectivity index (χ0v) is 13.5. The highest BCUT2D eigenvalue weighted by Gasteiger charge is 2.20. The van der Waals surface area contributed by atoms with E-state index in [1.165, 1.54) is 12.2 Å². The quantitative estimate of drug-likeness (QED) is 0.788. The van der Waals surface area contributed by atoms with Crippen LogP contribution in [-0.4, -0.2) is 59.0 Å². The van der Waals surface area contributed by atoms with Gasteiger partial charge in [-0.25, -0.2) is 4.98 Å². The fourth-order valence-electron chi connectivity index (χ4n) is 2.95. The Morgan fingerprint density at radius 3 is 3.05 bits per heavy atom. The minimum atomic E-state index is -0.402. The average Bonchev–Trinajstić information content (AvgIpc) is 2.85. The molecule has 0 radical (unpaired) electrons. The number of likely N-dealkylation sites (N-methyl/N-ethyl adjacent to an activating group) is 1. The first kappa shape index (κ1) is 16.5. The maximum atomic E-state index is 10.0. The molecule has 0 aromatic carbocycles. The van der Waals surface area contributed by atoms with Gasteiger partial charge in [-0.05, 0) is 25.3 Å². The van der Waals surface area contributed by atoms with E-state index in [0.29, 0.717) is 31.6 Å². The molecule has 0 saturated carbocycles. The third kappa shape index (κ3) is 5.41. The first-order chi connectivity index (χ1) is 10.0. The Hall–Kier alpha value is -0.910. The van der Waals surface area contributed by atoms with Crippen molar-refractivity contribution in [2.24, 2.45) is 11.8 Å². The number of imidazole rings is 1. The van der Waals surface area contributed by atoms with Crippen LogP contribution in [0.4, 0.5) is 0 Å². The first-order valence-corrected chi connectivity index (χ1v) is 7.99. The van der Waals surface area contributed by atoms with Gasteiger partial charge >= 0.3 is 0 Å². The minimum Gasteiger partial charge on any atom is -0.389 e. The Morgan fingerprint density at radius 2 is 2.29 bits per heavy atom. The summed E-state index contributed by atoms with van der Waals surface area (Å²) in [6.07, 6.45) is 5.79. The molecule has 0 saturated heterocycles.